The van der Waals surface area contributed by atoms with Gasteiger partial charge >= 0.3 is 0 Å². The summed E-state index contributed by atoms with van der Waals surface area (Å²) in [5.41, 5.74) is 0. The molecule has 0 spiro atoms. The Morgan fingerprint density at radius 3 is 2.50 bits per heavy atom. The lowest BCUT2D eigenvalue weighted by Crippen LogP contribution is -2.36. The fourth-order valence-electron chi connectivity index (χ4n) is 2.08. The molecule has 1 saturated carbocycles. The second-order valence-corrected chi connectivity index (χ2v) is 5.41. The minimum absolute atomic E-state index is 0.693. The van der Waals surface area contributed by atoms with Gasteiger partial charge < -0.3 is 14.8 Å². The van der Waals surface area contributed by atoms with E-state index in [4.69, 9.17) is 9.47 Å². The van der Waals surface area contributed by atoms with Gasteiger partial charge in [-0.25, -0.2) is 0 Å². The average molecular weight is 247 g/mol. The highest BCUT2D eigenvalue weighted by Crippen LogP contribution is 2.26. The Morgan fingerprint density at radius 2 is 1.88 bits per heavy atom. The predicted octanol–water partition coefficient (Wildman–Crippen LogP) is 1.91. The van der Waals surface area contributed by atoms with E-state index in [0.717, 1.165) is 24.4 Å². The van der Waals surface area contributed by atoms with Gasteiger partial charge in [0.2, 0.25) is 0 Å². The molecule has 1 N–H and O–H groups in total. The van der Waals surface area contributed by atoms with Crippen LogP contribution in [0, 0.1) is 0 Å². The number of thioether (sulfide) groups is 1. The van der Waals surface area contributed by atoms with E-state index in [9.17, 15) is 0 Å². The van der Waals surface area contributed by atoms with Crippen molar-refractivity contribution in [3.63, 3.8) is 0 Å². The van der Waals surface area contributed by atoms with Crippen LogP contribution in [0.3, 0.4) is 0 Å². The van der Waals surface area contributed by atoms with Gasteiger partial charge in [-0.05, 0) is 31.9 Å². The molecule has 1 fully saturated rings. The third-order valence-electron chi connectivity index (χ3n) is 3.12. The fraction of sp³-hybridized carbons (Fsp3) is 1.00. The molecule has 1 aliphatic rings. The van der Waals surface area contributed by atoms with Crippen molar-refractivity contribution in [3.05, 3.63) is 0 Å². The fourth-order valence-corrected chi connectivity index (χ4v) is 2.83. The van der Waals surface area contributed by atoms with Crippen LogP contribution in [0.2, 0.25) is 0 Å². The van der Waals surface area contributed by atoms with Crippen LogP contribution in [-0.4, -0.2) is 51.0 Å². The van der Waals surface area contributed by atoms with E-state index in [1.165, 1.54) is 25.7 Å². The molecule has 1 aliphatic carbocycles. The van der Waals surface area contributed by atoms with Crippen molar-refractivity contribution in [2.24, 2.45) is 0 Å². The van der Waals surface area contributed by atoms with E-state index in [-0.39, 0.29) is 0 Å². The van der Waals surface area contributed by atoms with Crippen LogP contribution in [0.15, 0.2) is 0 Å². The summed E-state index contributed by atoms with van der Waals surface area (Å²) < 4.78 is 10.3. The van der Waals surface area contributed by atoms with Crippen molar-refractivity contribution in [1.82, 2.24) is 5.32 Å². The molecule has 0 aromatic heterocycles. The summed E-state index contributed by atoms with van der Waals surface area (Å²) in [7, 11) is 1.70. The van der Waals surface area contributed by atoms with Crippen LogP contribution in [0.25, 0.3) is 0 Å². The number of hydrogen-bond acceptors (Lipinski definition) is 4. The van der Waals surface area contributed by atoms with E-state index in [0.29, 0.717) is 13.2 Å². The molecule has 1 rings (SSSR count). The molecule has 96 valence electrons. The maximum atomic E-state index is 5.42. The largest absolute Gasteiger partial charge is 0.382 e. The standard InChI is InChI=1S/C12H25NO2S/c1-14-9-10-15-8-7-13-11-3-5-12(16-2)6-4-11/h11-13H,3-10H2,1-2H3. The molecule has 4 heteroatoms. The second kappa shape index (κ2) is 9.28. The number of rotatable bonds is 8. The maximum Gasteiger partial charge on any atom is 0.0700 e. The van der Waals surface area contributed by atoms with Crippen molar-refractivity contribution in [3.8, 4) is 0 Å². The summed E-state index contributed by atoms with van der Waals surface area (Å²) in [5.74, 6) is 0. The number of nitrogens with one attached hydrogen (secondary N) is 1. The first-order chi connectivity index (χ1) is 7.86. The van der Waals surface area contributed by atoms with Crippen LogP contribution >= 0.6 is 11.8 Å². The topological polar surface area (TPSA) is 30.5 Å². The van der Waals surface area contributed by atoms with Gasteiger partial charge in [0, 0.05) is 24.9 Å². The summed E-state index contributed by atoms with van der Waals surface area (Å²) in [4.78, 5) is 0. The van der Waals surface area contributed by atoms with E-state index in [1.54, 1.807) is 7.11 Å². The monoisotopic (exact) mass is 247 g/mol. The molecular formula is C12H25NO2S. The molecule has 0 radical (unpaired) electrons. The van der Waals surface area contributed by atoms with Crippen LogP contribution in [-0.2, 0) is 9.47 Å². The lowest BCUT2D eigenvalue weighted by Gasteiger charge is -2.28. The first-order valence-electron chi connectivity index (χ1n) is 6.19. The average Bonchev–Trinajstić information content (AvgIpc) is 2.34. The Balaban J connectivity index is 1.90. The van der Waals surface area contributed by atoms with E-state index in [2.05, 4.69) is 11.6 Å². The van der Waals surface area contributed by atoms with E-state index >= 15 is 0 Å². The number of ether oxygens (including phenoxy) is 2. The zero-order valence-electron chi connectivity index (χ0n) is 10.5. The Morgan fingerprint density at radius 1 is 1.12 bits per heavy atom. The van der Waals surface area contributed by atoms with Gasteiger partial charge in [-0.2, -0.15) is 11.8 Å². The third-order valence-corrected chi connectivity index (χ3v) is 4.26. The summed E-state index contributed by atoms with van der Waals surface area (Å²) in [6, 6.07) is 0.717. The zero-order chi connectivity index (χ0) is 11.6. The first kappa shape index (κ1) is 14.3. The van der Waals surface area contributed by atoms with Gasteiger partial charge in [-0.15, -0.1) is 0 Å². The lowest BCUT2D eigenvalue weighted by molar-refractivity contribution is 0.0705. The van der Waals surface area contributed by atoms with E-state index in [1.807, 2.05) is 11.8 Å². The maximum absolute atomic E-state index is 5.42. The number of hydrogen-bond donors (Lipinski definition) is 1. The first-order valence-corrected chi connectivity index (χ1v) is 7.48. The molecule has 0 bridgehead atoms. The summed E-state index contributed by atoms with van der Waals surface area (Å²) in [6.07, 6.45) is 7.60. The molecule has 0 unspecified atom stereocenters. The van der Waals surface area contributed by atoms with Crippen molar-refractivity contribution in [2.45, 2.75) is 37.0 Å². The summed E-state index contributed by atoms with van der Waals surface area (Å²) in [6.45, 7) is 3.17. The minimum Gasteiger partial charge on any atom is -0.382 e. The van der Waals surface area contributed by atoms with Crippen molar-refractivity contribution in [1.29, 1.82) is 0 Å². The van der Waals surface area contributed by atoms with E-state index < -0.39 is 0 Å². The molecule has 0 aromatic carbocycles. The molecular weight excluding hydrogens is 222 g/mol. The molecule has 0 saturated heterocycles. The Hall–Kier alpha value is 0.230. The Bertz CT molecular complexity index is 161. The molecule has 3 nitrogen and oxygen atoms in total. The van der Waals surface area contributed by atoms with Crippen LogP contribution in [0.4, 0.5) is 0 Å². The number of methoxy groups -OCH3 is 1. The Labute approximate surface area is 104 Å². The van der Waals surface area contributed by atoms with Crippen molar-refractivity contribution < 1.29 is 9.47 Å². The minimum atomic E-state index is 0.693. The third kappa shape index (κ3) is 6.09. The molecule has 0 atom stereocenters. The van der Waals surface area contributed by atoms with Crippen LogP contribution in [0.5, 0.6) is 0 Å². The molecule has 0 aromatic rings. The smallest absolute Gasteiger partial charge is 0.0700 e. The highest BCUT2D eigenvalue weighted by Gasteiger charge is 2.19. The zero-order valence-corrected chi connectivity index (χ0v) is 11.4. The second-order valence-electron chi connectivity index (χ2n) is 4.27. The molecule has 0 heterocycles. The SMILES string of the molecule is COCCOCCNC1CCC(SC)CC1. The normalized spacial score (nSPS) is 25.9. The highest BCUT2D eigenvalue weighted by atomic mass is 32.2. The van der Waals surface area contributed by atoms with Crippen LogP contribution in [0.1, 0.15) is 25.7 Å². The summed E-state index contributed by atoms with van der Waals surface area (Å²) >= 11 is 2.02. The van der Waals surface area contributed by atoms with Gasteiger partial charge in [0.15, 0.2) is 0 Å². The van der Waals surface area contributed by atoms with Crippen LogP contribution < -0.4 is 5.32 Å². The van der Waals surface area contributed by atoms with Crippen molar-refractivity contribution >= 4 is 11.8 Å². The Kier molecular flexibility index (Phi) is 8.29. The predicted molar refractivity (Wildman–Crippen MR) is 70.3 cm³/mol. The molecule has 16 heavy (non-hydrogen) atoms. The quantitative estimate of drug-likeness (QED) is 0.664. The van der Waals surface area contributed by atoms with Gasteiger partial charge in [0.05, 0.1) is 19.8 Å². The summed E-state index contributed by atoms with van der Waals surface area (Å²) in [5, 5.41) is 4.47. The highest BCUT2D eigenvalue weighted by molar-refractivity contribution is 7.99. The van der Waals surface area contributed by atoms with Crippen molar-refractivity contribution in [2.75, 3.05) is 39.7 Å². The molecule has 0 aliphatic heterocycles. The van der Waals surface area contributed by atoms with Gasteiger partial charge in [-0.3, -0.25) is 0 Å². The van der Waals surface area contributed by atoms with Gasteiger partial charge in [0.1, 0.15) is 0 Å². The van der Waals surface area contributed by atoms with Gasteiger partial charge in [0.25, 0.3) is 0 Å². The lowest BCUT2D eigenvalue weighted by atomic mass is 9.95. The molecule has 0 amide bonds. The van der Waals surface area contributed by atoms with Gasteiger partial charge in [-0.1, -0.05) is 0 Å².